The van der Waals surface area contributed by atoms with Crippen molar-refractivity contribution in [1.82, 2.24) is 4.90 Å². The minimum Gasteiger partial charge on any atom is -0.494 e. The van der Waals surface area contributed by atoms with Gasteiger partial charge in [-0.1, -0.05) is 12.1 Å². The molecule has 0 spiro atoms. The van der Waals surface area contributed by atoms with Crippen molar-refractivity contribution in [2.75, 3.05) is 19.8 Å². The lowest BCUT2D eigenvalue weighted by molar-refractivity contribution is -0.122. The molecule has 1 saturated heterocycles. The number of hydrogen-bond acceptors (Lipinski definition) is 5. The summed E-state index contributed by atoms with van der Waals surface area (Å²) in [7, 11) is 0. The van der Waals surface area contributed by atoms with E-state index < -0.39 is 0 Å². The molecule has 5 nitrogen and oxygen atoms in total. The first-order chi connectivity index (χ1) is 12.6. The molecule has 0 atom stereocenters. The van der Waals surface area contributed by atoms with E-state index >= 15 is 0 Å². The SMILES string of the molecule is CCOc1ccc2ccc(OCC)c(/C=C3/SC(=O)N(CC)C3=O)c2c1. The van der Waals surface area contributed by atoms with E-state index in [9.17, 15) is 9.59 Å². The predicted octanol–water partition coefficient (Wildman–Crippen LogP) is 4.69. The summed E-state index contributed by atoms with van der Waals surface area (Å²) in [5, 5.41) is 1.69. The third kappa shape index (κ3) is 3.42. The second-order valence-corrected chi connectivity index (χ2v) is 6.65. The Morgan fingerprint density at radius 2 is 1.77 bits per heavy atom. The highest BCUT2D eigenvalue weighted by Gasteiger charge is 2.34. The normalized spacial score (nSPS) is 16.0. The second-order valence-electron chi connectivity index (χ2n) is 5.65. The van der Waals surface area contributed by atoms with Crippen molar-refractivity contribution < 1.29 is 19.1 Å². The molecule has 1 fully saturated rings. The van der Waals surface area contributed by atoms with Gasteiger partial charge in [-0.2, -0.15) is 0 Å². The summed E-state index contributed by atoms with van der Waals surface area (Å²) in [5.41, 5.74) is 0.785. The molecule has 6 heteroatoms. The number of benzene rings is 2. The predicted molar refractivity (Wildman–Crippen MR) is 105 cm³/mol. The van der Waals surface area contributed by atoms with Gasteiger partial charge < -0.3 is 9.47 Å². The van der Waals surface area contributed by atoms with Gasteiger partial charge in [-0.15, -0.1) is 0 Å². The van der Waals surface area contributed by atoms with E-state index in [-0.39, 0.29) is 11.1 Å². The van der Waals surface area contributed by atoms with E-state index in [1.807, 2.05) is 44.2 Å². The van der Waals surface area contributed by atoms with Crippen LogP contribution in [0.2, 0.25) is 0 Å². The summed E-state index contributed by atoms with van der Waals surface area (Å²) in [6.45, 7) is 7.08. The van der Waals surface area contributed by atoms with Gasteiger partial charge in [-0.25, -0.2) is 0 Å². The summed E-state index contributed by atoms with van der Waals surface area (Å²) in [6.07, 6.45) is 1.75. The first-order valence-electron chi connectivity index (χ1n) is 8.66. The van der Waals surface area contributed by atoms with E-state index in [1.54, 1.807) is 13.0 Å². The molecule has 0 unspecified atom stereocenters. The zero-order valence-electron chi connectivity index (χ0n) is 15.1. The first-order valence-corrected chi connectivity index (χ1v) is 9.48. The van der Waals surface area contributed by atoms with Crippen LogP contribution in [0.1, 0.15) is 26.3 Å². The third-order valence-corrected chi connectivity index (χ3v) is 4.98. The lowest BCUT2D eigenvalue weighted by Gasteiger charge is -2.13. The Bertz CT molecular complexity index is 886. The van der Waals surface area contributed by atoms with Gasteiger partial charge in [0.2, 0.25) is 0 Å². The topological polar surface area (TPSA) is 55.8 Å². The van der Waals surface area contributed by atoms with Gasteiger partial charge in [-0.3, -0.25) is 14.5 Å². The number of imide groups is 1. The average Bonchev–Trinajstić information content (AvgIpc) is 2.90. The van der Waals surface area contributed by atoms with Gasteiger partial charge >= 0.3 is 0 Å². The second kappa shape index (κ2) is 7.83. The first kappa shape index (κ1) is 18.3. The highest BCUT2D eigenvalue weighted by Crippen LogP contribution is 2.37. The largest absolute Gasteiger partial charge is 0.494 e. The fourth-order valence-corrected chi connectivity index (χ4v) is 3.78. The number of fused-ring (bicyclic) bond motifs is 1. The van der Waals surface area contributed by atoms with E-state index in [4.69, 9.17) is 9.47 Å². The Labute approximate surface area is 157 Å². The smallest absolute Gasteiger partial charge is 0.293 e. The van der Waals surface area contributed by atoms with E-state index in [1.165, 1.54) is 4.90 Å². The molecule has 1 heterocycles. The Morgan fingerprint density at radius 3 is 2.42 bits per heavy atom. The fourth-order valence-electron chi connectivity index (χ4n) is 2.89. The maximum Gasteiger partial charge on any atom is 0.293 e. The summed E-state index contributed by atoms with van der Waals surface area (Å²) < 4.78 is 11.4. The number of carbonyl (C=O) groups excluding carboxylic acids is 2. The molecule has 0 N–H and O–H groups in total. The summed E-state index contributed by atoms with van der Waals surface area (Å²) in [5.74, 6) is 1.17. The highest BCUT2D eigenvalue weighted by atomic mass is 32.2. The molecule has 1 aliphatic heterocycles. The third-order valence-electron chi connectivity index (χ3n) is 4.07. The fraction of sp³-hybridized carbons (Fsp3) is 0.300. The van der Waals surface area contributed by atoms with Gasteiger partial charge in [0.15, 0.2) is 0 Å². The minimum atomic E-state index is -0.261. The molecule has 1 aliphatic rings. The maximum atomic E-state index is 12.5. The zero-order valence-corrected chi connectivity index (χ0v) is 15.9. The minimum absolute atomic E-state index is 0.239. The molecular formula is C20H21NO4S. The lowest BCUT2D eigenvalue weighted by atomic mass is 10.0. The lowest BCUT2D eigenvalue weighted by Crippen LogP contribution is -2.27. The summed E-state index contributed by atoms with van der Waals surface area (Å²) >= 11 is 0.963. The van der Waals surface area contributed by atoms with Crippen LogP contribution in [0.15, 0.2) is 35.2 Å². The number of likely N-dealkylation sites (N-methyl/N-ethyl adjacent to an activating group) is 1. The van der Waals surface area contributed by atoms with Crippen molar-refractivity contribution in [2.24, 2.45) is 0 Å². The van der Waals surface area contributed by atoms with Crippen LogP contribution in [-0.2, 0) is 4.79 Å². The number of ether oxygens (including phenoxy) is 2. The molecule has 0 aliphatic carbocycles. The Hall–Kier alpha value is -2.47. The van der Waals surface area contributed by atoms with Crippen LogP contribution in [0.3, 0.4) is 0 Å². The number of carbonyl (C=O) groups is 2. The average molecular weight is 371 g/mol. The van der Waals surface area contributed by atoms with Crippen molar-refractivity contribution in [3.05, 3.63) is 40.8 Å². The summed E-state index contributed by atoms with van der Waals surface area (Å²) in [4.78, 5) is 26.1. The molecule has 0 saturated carbocycles. The van der Waals surface area contributed by atoms with Crippen LogP contribution in [0.25, 0.3) is 16.8 Å². The standard InChI is InChI=1S/C20H21NO4S/c1-4-21-19(22)18(26-20(21)23)12-16-15-11-14(24-5-2)9-7-13(15)8-10-17(16)25-6-3/h7-12H,4-6H2,1-3H3/b18-12+. The van der Waals surface area contributed by atoms with Gasteiger partial charge in [0.05, 0.1) is 18.1 Å². The molecule has 0 aromatic heterocycles. The molecule has 26 heavy (non-hydrogen) atoms. The quantitative estimate of drug-likeness (QED) is 0.689. The van der Waals surface area contributed by atoms with Crippen LogP contribution in [0.4, 0.5) is 4.79 Å². The maximum absolute atomic E-state index is 12.5. The van der Waals surface area contributed by atoms with Crippen LogP contribution in [0, 0.1) is 0 Å². The molecule has 0 radical (unpaired) electrons. The Morgan fingerprint density at radius 1 is 1.04 bits per heavy atom. The number of amides is 2. The molecule has 2 amide bonds. The number of nitrogens with zero attached hydrogens (tertiary/aromatic N) is 1. The van der Waals surface area contributed by atoms with Crippen LogP contribution in [-0.4, -0.2) is 35.8 Å². The molecule has 0 bridgehead atoms. The molecular weight excluding hydrogens is 350 g/mol. The van der Waals surface area contributed by atoms with Crippen molar-refractivity contribution in [3.8, 4) is 11.5 Å². The van der Waals surface area contributed by atoms with Crippen molar-refractivity contribution in [1.29, 1.82) is 0 Å². The highest BCUT2D eigenvalue weighted by molar-refractivity contribution is 8.18. The number of rotatable bonds is 6. The van der Waals surface area contributed by atoms with E-state index in [2.05, 4.69) is 0 Å². The molecule has 136 valence electrons. The molecule has 2 aromatic rings. The van der Waals surface area contributed by atoms with Crippen LogP contribution in [0.5, 0.6) is 11.5 Å². The van der Waals surface area contributed by atoms with Crippen LogP contribution >= 0.6 is 11.8 Å². The Balaban J connectivity index is 2.17. The monoisotopic (exact) mass is 371 g/mol. The van der Waals surface area contributed by atoms with Gasteiger partial charge in [0.1, 0.15) is 11.5 Å². The van der Waals surface area contributed by atoms with Gasteiger partial charge in [0, 0.05) is 12.1 Å². The molecule has 3 rings (SSSR count). The summed E-state index contributed by atoms with van der Waals surface area (Å²) in [6, 6.07) is 9.70. The van der Waals surface area contributed by atoms with Crippen molar-refractivity contribution in [2.45, 2.75) is 20.8 Å². The van der Waals surface area contributed by atoms with E-state index in [0.717, 1.165) is 33.8 Å². The van der Waals surface area contributed by atoms with Crippen molar-refractivity contribution >= 4 is 39.8 Å². The van der Waals surface area contributed by atoms with Gasteiger partial charge in [-0.05, 0) is 67.6 Å². The van der Waals surface area contributed by atoms with E-state index in [0.29, 0.717) is 30.4 Å². The number of thioether (sulfide) groups is 1. The molecule has 2 aromatic carbocycles. The van der Waals surface area contributed by atoms with Crippen LogP contribution < -0.4 is 9.47 Å². The number of hydrogen-bond donors (Lipinski definition) is 0. The Kier molecular flexibility index (Phi) is 5.52. The van der Waals surface area contributed by atoms with Crippen molar-refractivity contribution in [3.63, 3.8) is 0 Å². The zero-order chi connectivity index (χ0) is 18.7. The van der Waals surface area contributed by atoms with Gasteiger partial charge in [0.25, 0.3) is 11.1 Å².